The minimum Gasteiger partial charge on any atom is -0.508 e. The van der Waals surface area contributed by atoms with Gasteiger partial charge in [-0.2, -0.15) is 0 Å². The number of aromatic hydroxyl groups is 2. The van der Waals surface area contributed by atoms with Gasteiger partial charge in [-0.1, -0.05) is 48.5 Å². The van der Waals surface area contributed by atoms with Crippen molar-refractivity contribution in [2.75, 3.05) is 39.3 Å². The van der Waals surface area contributed by atoms with Crippen LogP contribution in [0.25, 0.3) is 0 Å². The number of urea groups is 1. The molecule has 4 aliphatic rings. The first-order valence-electron chi connectivity index (χ1n) is 21.6. The largest absolute Gasteiger partial charge is 0.508 e. The molecular weight excluding hydrogens is 763 g/mol. The number of rotatable bonds is 8. The third-order valence-electron chi connectivity index (χ3n) is 14.2. The Kier molecular flexibility index (Phi) is 12.4. The molecule has 8 rings (SSSR count). The van der Waals surface area contributed by atoms with Crippen LogP contribution >= 0.6 is 0 Å². The molecule has 316 valence electrons. The van der Waals surface area contributed by atoms with Crippen molar-refractivity contribution >= 4 is 17.6 Å². The molecule has 2 amide bonds. The van der Waals surface area contributed by atoms with E-state index in [1.807, 2.05) is 21.9 Å². The van der Waals surface area contributed by atoms with Crippen molar-refractivity contribution in [2.45, 2.75) is 76.3 Å². The number of carbonyl (C=O) groups is 3. The molecule has 60 heavy (non-hydrogen) atoms. The molecular formula is C49H56F2N4O5. The number of nitrogens with one attached hydrogen (secondary N) is 2. The maximum absolute atomic E-state index is 15.9. The number of halogens is 2. The van der Waals surface area contributed by atoms with Crippen molar-refractivity contribution < 1.29 is 33.4 Å². The van der Waals surface area contributed by atoms with Crippen LogP contribution in [0, 0.1) is 49.2 Å². The molecule has 4 heterocycles. The van der Waals surface area contributed by atoms with Crippen LogP contribution in [0.4, 0.5) is 13.6 Å². The Morgan fingerprint density at radius 1 is 0.617 bits per heavy atom. The predicted molar refractivity (Wildman–Crippen MR) is 226 cm³/mol. The minimum absolute atomic E-state index is 0.0444. The predicted octanol–water partition coefficient (Wildman–Crippen LogP) is 8.13. The number of Topliss-reactive ketones (excluding diaryl/α,β-unsaturated/α-hetero) is 2. The highest BCUT2D eigenvalue weighted by atomic mass is 19.1. The van der Waals surface area contributed by atoms with Crippen LogP contribution in [0.5, 0.6) is 11.5 Å². The van der Waals surface area contributed by atoms with Crippen molar-refractivity contribution in [3.8, 4) is 11.5 Å². The quantitative estimate of drug-likeness (QED) is 0.133. The number of hydrogen-bond donors (Lipinski definition) is 4. The Morgan fingerprint density at radius 3 is 1.42 bits per heavy atom. The van der Waals surface area contributed by atoms with Gasteiger partial charge in [-0.15, -0.1) is 0 Å². The van der Waals surface area contributed by atoms with Gasteiger partial charge in [0.2, 0.25) is 0 Å². The number of carbonyl (C=O) groups excluding carboxylic acids is 3. The third kappa shape index (κ3) is 8.31. The van der Waals surface area contributed by atoms with Crippen molar-refractivity contribution in [3.05, 3.63) is 130 Å². The topological polar surface area (TPSA) is 122 Å². The molecule has 9 nitrogen and oxygen atoms in total. The fraction of sp³-hybridized carbons (Fsp3) is 0.449. The summed E-state index contributed by atoms with van der Waals surface area (Å²) in [6.45, 7) is 6.72. The Morgan fingerprint density at radius 2 is 1.03 bits per heavy atom. The van der Waals surface area contributed by atoms with Crippen molar-refractivity contribution in [3.63, 3.8) is 0 Å². The SMILES string of the molecule is Cc1c(F)cccc1[C@@H]1C[C@@H](C2CCCNC2)N(C(=O)N2C[C@H](C(=O)c3cccc(O)c3)[C@H](c3cccc(F)c3C)C[C@H]2C2CCCNC2)C[C@@H]1C(=O)c1cccc(O)c1. The summed E-state index contributed by atoms with van der Waals surface area (Å²) in [6.07, 6.45) is 4.45. The maximum Gasteiger partial charge on any atom is 0.320 e. The van der Waals surface area contributed by atoms with Crippen LogP contribution < -0.4 is 10.6 Å². The van der Waals surface area contributed by atoms with E-state index in [2.05, 4.69) is 10.6 Å². The lowest BCUT2D eigenvalue weighted by molar-refractivity contribution is 0.0167. The van der Waals surface area contributed by atoms with E-state index in [1.54, 1.807) is 50.2 Å². The standard InChI is InChI=1S/C49H56F2N4O5/c1-29-37(15-5-17-43(29)50)39-23-45(33-11-7-19-52-25-33)54(27-41(39)47(58)31-9-3-13-35(56)21-31)49(60)55-28-42(48(59)32-10-4-14-36(57)22-32)40(38-16-6-18-44(51)30(38)2)24-46(55)34-12-8-20-53-26-34/h3-6,9-10,13-18,21-22,33-34,39-42,45-46,52-53,56-57H,7-8,11-12,19-20,23-28H2,1-2H3/t33?,34?,39-,40-,41-,42-,45-,46-/m0/s1. The number of likely N-dealkylation sites (tertiary alicyclic amines) is 2. The molecule has 0 aromatic heterocycles. The number of amides is 2. The van der Waals surface area contributed by atoms with Gasteiger partial charge in [0.1, 0.15) is 23.1 Å². The van der Waals surface area contributed by atoms with E-state index in [-0.39, 0.29) is 77.7 Å². The van der Waals surface area contributed by atoms with E-state index < -0.39 is 23.7 Å². The average molecular weight is 819 g/mol. The van der Waals surface area contributed by atoms with Gasteiger partial charge < -0.3 is 30.6 Å². The van der Waals surface area contributed by atoms with Crippen LogP contribution in [0.2, 0.25) is 0 Å². The number of benzene rings is 4. The van der Waals surface area contributed by atoms with E-state index in [1.165, 1.54) is 36.4 Å². The van der Waals surface area contributed by atoms with Crippen molar-refractivity contribution in [1.82, 2.24) is 20.4 Å². The second-order valence-corrected chi connectivity index (χ2v) is 17.6. The zero-order valence-corrected chi connectivity index (χ0v) is 34.5. The van der Waals surface area contributed by atoms with Crippen LogP contribution in [0.3, 0.4) is 0 Å². The summed E-state index contributed by atoms with van der Waals surface area (Å²) < 4.78 is 30.7. The second-order valence-electron chi connectivity index (χ2n) is 17.6. The molecule has 0 radical (unpaired) electrons. The lowest BCUT2D eigenvalue weighted by Gasteiger charge is -2.53. The van der Waals surface area contributed by atoms with Gasteiger partial charge in [0, 0.05) is 48.1 Å². The third-order valence-corrected chi connectivity index (χ3v) is 14.2. The van der Waals surface area contributed by atoms with Crippen LogP contribution in [0.1, 0.15) is 93.3 Å². The molecule has 4 aliphatic heterocycles. The fourth-order valence-electron chi connectivity index (χ4n) is 11.0. The molecule has 0 spiro atoms. The zero-order chi connectivity index (χ0) is 42.1. The highest BCUT2D eigenvalue weighted by Crippen LogP contribution is 2.46. The molecule has 8 atom stereocenters. The molecule has 4 N–H and O–H groups in total. The smallest absolute Gasteiger partial charge is 0.320 e. The monoisotopic (exact) mass is 818 g/mol. The summed E-state index contributed by atoms with van der Waals surface area (Å²) in [6, 6.07) is 21.7. The molecule has 4 aromatic rings. The summed E-state index contributed by atoms with van der Waals surface area (Å²) in [7, 11) is 0. The van der Waals surface area contributed by atoms with E-state index in [9.17, 15) is 19.8 Å². The first kappa shape index (κ1) is 41.6. The molecule has 4 fully saturated rings. The molecule has 0 bridgehead atoms. The van der Waals surface area contributed by atoms with Gasteiger partial charge in [0.15, 0.2) is 11.6 Å². The highest BCUT2D eigenvalue weighted by Gasteiger charge is 2.51. The molecule has 11 heteroatoms. The zero-order valence-electron chi connectivity index (χ0n) is 34.5. The lowest BCUT2D eigenvalue weighted by Crippen LogP contribution is -2.64. The number of phenols is 2. The summed E-state index contributed by atoms with van der Waals surface area (Å²) in [5, 5.41) is 28.0. The first-order chi connectivity index (χ1) is 29.0. The molecule has 0 aliphatic carbocycles. The van der Waals surface area contributed by atoms with E-state index in [0.717, 1.165) is 49.9 Å². The van der Waals surface area contributed by atoms with Crippen LogP contribution in [-0.2, 0) is 0 Å². The van der Waals surface area contributed by atoms with E-state index >= 15 is 13.6 Å². The van der Waals surface area contributed by atoms with E-state index in [0.29, 0.717) is 48.2 Å². The van der Waals surface area contributed by atoms with Gasteiger partial charge in [0.05, 0.1) is 0 Å². The Hall–Kier alpha value is -5.13. The first-order valence-corrected chi connectivity index (χ1v) is 21.6. The van der Waals surface area contributed by atoms with E-state index in [4.69, 9.17) is 0 Å². The summed E-state index contributed by atoms with van der Waals surface area (Å²) >= 11 is 0. The summed E-state index contributed by atoms with van der Waals surface area (Å²) in [5.41, 5.74) is 3.07. The number of hydrogen-bond acceptors (Lipinski definition) is 7. The maximum atomic E-state index is 15.9. The number of piperidine rings is 4. The van der Waals surface area contributed by atoms with Gasteiger partial charge in [-0.25, -0.2) is 13.6 Å². The van der Waals surface area contributed by atoms with Crippen LogP contribution in [0.15, 0.2) is 84.9 Å². The normalized spacial score (nSPS) is 27.3. The highest BCUT2D eigenvalue weighted by molar-refractivity contribution is 6.00. The number of ketones is 2. The Labute approximate surface area is 351 Å². The fourth-order valence-corrected chi connectivity index (χ4v) is 11.0. The number of phenolic OH excluding ortho intramolecular Hbond substituents is 2. The molecule has 2 unspecified atom stereocenters. The molecule has 4 saturated heterocycles. The van der Waals surface area contributed by atoms with Gasteiger partial charge in [0.25, 0.3) is 0 Å². The Bertz CT molecular complexity index is 2070. The second kappa shape index (κ2) is 17.8. The van der Waals surface area contributed by atoms with Gasteiger partial charge >= 0.3 is 6.03 Å². The van der Waals surface area contributed by atoms with Crippen molar-refractivity contribution in [2.24, 2.45) is 23.7 Å². The number of nitrogens with zero attached hydrogens (tertiary/aromatic N) is 2. The van der Waals surface area contributed by atoms with Gasteiger partial charge in [-0.3, -0.25) is 9.59 Å². The summed E-state index contributed by atoms with van der Waals surface area (Å²) in [5.74, 6) is -3.47. The minimum atomic E-state index is -0.754. The van der Waals surface area contributed by atoms with Gasteiger partial charge in [-0.05, 0) is 161 Å². The summed E-state index contributed by atoms with van der Waals surface area (Å²) in [4.78, 5) is 49.2. The lowest BCUT2D eigenvalue weighted by atomic mass is 9.69. The molecule has 0 saturated carbocycles. The molecule has 4 aromatic carbocycles. The van der Waals surface area contributed by atoms with Crippen molar-refractivity contribution in [1.29, 1.82) is 0 Å². The van der Waals surface area contributed by atoms with Crippen LogP contribution in [-0.4, -0.2) is 89.0 Å². The average Bonchev–Trinajstić information content (AvgIpc) is 3.27. The Balaban J connectivity index is 1.24.